The van der Waals surface area contributed by atoms with Crippen LogP contribution in [0.5, 0.6) is 5.75 Å². The number of aryl methyl sites for hydroxylation is 1. The van der Waals surface area contributed by atoms with Gasteiger partial charge in [0.2, 0.25) is 0 Å². The fourth-order valence-electron chi connectivity index (χ4n) is 1.62. The predicted octanol–water partition coefficient (Wildman–Crippen LogP) is 1.69. The lowest BCUT2D eigenvalue weighted by molar-refractivity contribution is -0.652. The third kappa shape index (κ3) is 4.07. The molecule has 0 saturated carbocycles. The minimum Gasteiger partial charge on any atom is -0.487 e. The van der Waals surface area contributed by atoms with Crippen molar-refractivity contribution in [1.29, 1.82) is 0 Å². The Kier molecular flexibility index (Phi) is 5.65. The lowest BCUT2D eigenvalue weighted by Crippen LogP contribution is -2.84. The lowest BCUT2D eigenvalue weighted by Gasteiger charge is -2.10. The number of allylic oxidation sites excluding steroid dienone is 1. The Bertz CT molecular complexity index is 334. The van der Waals surface area contributed by atoms with Crippen molar-refractivity contribution in [3.63, 3.8) is 0 Å². The third-order valence-corrected chi connectivity index (χ3v) is 2.45. The van der Waals surface area contributed by atoms with Gasteiger partial charge in [-0.05, 0) is 31.9 Å². The highest BCUT2D eigenvalue weighted by molar-refractivity contribution is 5.38. The van der Waals surface area contributed by atoms with E-state index < -0.39 is 0 Å². The Labute approximate surface area is 98.3 Å². The summed E-state index contributed by atoms with van der Waals surface area (Å²) in [6, 6.07) is 6.31. The summed E-state index contributed by atoms with van der Waals surface area (Å²) in [5.41, 5.74) is 2.50. The number of quaternary nitrogens is 1. The molecule has 0 aliphatic carbocycles. The van der Waals surface area contributed by atoms with E-state index in [9.17, 15) is 0 Å². The van der Waals surface area contributed by atoms with Crippen LogP contribution < -0.4 is 10.1 Å². The van der Waals surface area contributed by atoms with Crippen LogP contribution in [0.15, 0.2) is 30.9 Å². The third-order valence-electron chi connectivity index (χ3n) is 2.45. The van der Waals surface area contributed by atoms with Gasteiger partial charge in [-0.25, -0.2) is 0 Å². The monoisotopic (exact) mass is 220 g/mol. The second kappa shape index (κ2) is 7.07. The van der Waals surface area contributed by atoms with Gasteiger partial charge in [-0.15, -0.1) is 6.58 Å². The van der Waals surface area contributed by atoms with Crippen molar-refractivity contribution in [2.45, 2.75) is 20.3 Å². The van der Waals surface area contributed by atoms with Crippen LogP contribution in [0.4, 0.5) is 0 Å². The molecular formula is C14H22NO+. The van der Waals surface area contributed by atoms with Crippen molar-refractivity contribution in [2.75, 3.05) is 19.7 Å². The van der Waals surface area contributed by atoms with Gasteiger partial charge in [0.25, 0.3) is 0 Å². The van der Waals surface area contributed by atoms with Crippen LogP contribution in [-0.2, 0) is 6.42 Å². The largest absolute Gasteiger partial charge is 0.487 e. The SMILES string of the molecule is C=CCc1cc(C)ccc1OCC[NH2+]CC. The average Bonchev–Trinajstić information content (AvgIpc) is 2.27. The molecule has 0 aliphatic rings. The van der Waals surface area contributed by atoms with Gasteiger partial charge < -0.3 is 10.1 Å². The van der Waals surface area contributed by atoms with Gasteiger partial charge in [0.1, 0.15) is 18.9 Å². The summed E-state index contributed by atoms with van der Waals surface area (Å²) in [7, 11) is 0. The molecule has 0 amide bonds. The molecule has 0 unspecified atom stereocenters. The zero-order valence-electron chi connectivity index (χ0n) is 10.3. The Morgan fingerprint density at radius 2 is 2.25 bits per heavy atom. The molecule has 0 heterocycles. The van der Waals surface area contributed by atoms with Gasteiger partial charge in [-0.3, -0.25) is 0 Å². The van der Waals surface area contributed by atoms with Gasteiger partial charge in [0, 0.05) is 0 Å². The second-order valence-corrected chi connectivity index (χ2v) is 3.94. The van der Waals surface area contributed by atoms with Crippen molar-refractivity contribution in [3.05, 3.63) is 42.0 Å². The van der Waals surface area contributed by atoms with Crippen LogP contribution in [0.3, 0.4) is 0 Å². The van der Waals surface area contributed by atoms with Crippen LogP contribution in [0, 0.1) is 6.92 Å². The highest BCUT2D eigenvalue weighted by Crippen LogP contribution is 2.20. The summed E-state index contributed by atoms with van der Waals surface area (Å²) in [5, 5.41) is 2.24. The van der Waals surface area contributed by atoms with E-state index in [2.05, 4.69) is 43.9 Å². The topological polar surface area (TPSA) is 25.8 Å². The maximum atomic E-state index is 5.77. The molecule has 0 saturated heterocycles. The molecule has 0 atom stereocenters. The summed E-state index contributed by atoms with van der Waals surface area (Å²) >= 11 is 0. The molecule has 0 aliphatic heterocycles. The first-order chi connectivity index (χ1) is 7.77. The summed E-state index contributed by atoms with van der Waals surface area (Å²) in [5.74, 6) is 0.995. The van der Waals surface area contributed by atoms with Crippen LogP contribution in [0.2, 0.25) is 0 Å². The fraction of sp³-hybridized carbons (Fsp3) is 0.429. The summed E-state index contributed by atoms with van der Waals surface area (Å²) in [4.78, 5) is 0. The number of hydrogen-bond donors (Lipinski definition) is 1. The Balaban J connectivity index is 2.59. The van der Waals surface area contributed by atoms with Gasteiger partial charge in [-0.1, -0.05) is 23.8 Å². The number of ether oxygens (including phenoxy) is 1. The molecule has 1 aromatic carbocycles. The zero-order chi connectivity index (χ0) is 11.8. The minimum absolute atomic E-state index is 0.765. The molecule has 0 aromatic heterocycles. The maximum absolute atomic E-state index is 5.77. The van der Waals surface area contributed by atoms with Crippen LogP contribution >= 0.6 is 0 Å². The molecule has 1 rings (SSSR count). The summed E-state index contributed by atoms with van der Waals surface area (Å²) < 4.78 is 5.77. The van der Waals surface area contributed by atoms with Crippen molar-refractivity contribution in [1.82, 2.24) is 0 Å². The van der Waals surface area contributed by atoms with E-state index in [1.807, 2.05) is 6.08 Å². The normalized spacial score (nSPS) is 10.1. The van der Waals surface area contributed by atoms with Crippen molar-refractivity contribution in [3.8, 4) is 5.75 Å². The molecule has 2 nitrogen and oxygen atoms in total. The van der Waals surface area contributed by atoms with E-state index in [1.165, 1.54) is 11.1 Å². The first kappa shape index (κ1) is 12.8. The maximum Gasteiger partial charge on any atom is 0.137 e. The van der Waals surface area contributed by atoms with Gasteiger partial charge in [-0.2, -0.15) is 0 Å². The Morgan fingerprint density at radius 1 is 1.44 bits per heavy atom. The molecule has 0 spiro atoms. The van der Waals surface area contributed by atoms with Gasteiger partial charge in [0.15, 0.2) is 0 Å². The van der Waals surface area contributed by atoms with Crippen LogP contribution in [-0.4, -0.2) is 19.7 Å². The van der Waals surface area contributed by atoms with Crippen LogP contribution in [0.1, 0.15) is 18.1 Å². The highest BCUT2D eigenvalue weighted by atomic mass is 16.5. The van der Waals surface area contributed by atoms with Crippen molar-refractivity contribution >= 4 is 0 Å². The minimum atomic E-state index is 0.765. The molecule has 2 heteroatoms. The predicted molar refractivity (Wildman–Crippen MR) is 67.9 cm³/mol. The number of rotatable bonds is 7. The molecule has 1 aromatic rings. The second-order valence-electron chi connectivity index (χ2n) is 3.94. The quantitative estimate of drug-likeness (QED) is 0.549. The van der Waals surface area contributed by atoms with E-state index in [-0.39, 0.29) is 0 Å². The number of benzene rings is 1. The average molecular weight is 220 g/mol. The van der Waals surface area contributed by atoms with E-state index in [1.54, 1.807) is 0 Å². The molecule has 0 bridgehead atoms. The fourth-order valence-corrected chi connectivity index (χ4v) is 1.62. The molecular weight excluding hydrogens is 198 g/mol. The zero-order valence-corrected chi connectivity index (χ0v) is 10.3. The van der Waals surface area contributed by atoms with E-state index >= 15 is 0 Å². The molecule has 88 valence electrons. The number of hydrogen-bond acceptors (Lipinski definition) is 1. The molecule has 0 fully saturated rings. The summed E-state index contributed by atoms with van der Waals surface area (Å²) in [6.07, 6.45) is 2.79. The van der Waals surface area contributed by atoms with E-state index in [0.29, 0.717) is 0 Å². The van der Waals surface area contributed by atoms with Gasteiger partial charge >= 0.3 is 0 Å². The van der Waals surface area contributed by atoms with Gasteiger partial charge in [0.05, 0.1) is 6.54 Å². The number of nitrogens with two attached hydrogens (primary N) is 1. The first-order valence-corrected chi connectivity index (χ1v) is 5.92. The van der Waals surface area contributed by atoms with Crippen LogP contribution in [0.25, 0.3) is 0 Å². The molecule has 0 radical (unpaired) electrons. The van der Waals surface area contributed by atoms with E-state index in [0.717, 1.165) is 31.9 Å². The lowest BCUT2D eigenvalue weighted by atomic mass is 10.1. The molecule has 2 N–H and O–H groups in total. The summed E-state index contributed by atoms with van der Waals surface area (Å²) in [6.45, 7) is 10.9. The van der Waals surface area contributed by atoms with Crippen molar-refractivity contribution < 1.29 is 10.1 Å². The Hall–Kier alpha value is -1.28. The Morgan fingerprint density at radius 3 is 2.94 bits per heavy atom. The smallest absolute Gasteiger partial charge is 0.137 e. The molecule has 16 heavy (non-hydrogen) atoms. The number of likely N-dealkylation sites (N-methyl/N-ethyl adjacent to an activating group) is 1. The first-order valence-electron chi connectivity index (χ1n) is 5.92. The van der Waals surface area contributed by atoms with Crippen molar-refractivity contribution in [2.24, 2.45) is 0 Å². The standard InChI is InChI=1S/C14H21NO/c1-4-6-13-11-12(3)7-8-14(13)16-10-9-15-5-2/h4,7-8,11,15H,1,5-6,9-10H2,2-3H3/p+1. The van der Waals surface area contributed by atoms with E-state index in [4.69, 9.17) is 4.74 Å². The highest BCUT2D eigenvalue weighted by Gasteiger charge is 2.02.